The molecular weight excluding hydrogens is 228 g/mol. The second-order valence-electron chi connectivity index (χ2n) is 1.65. The lowest BCUT2D eigenvalue weighted by Crippen LogP contribution is -2.20. The molecular formula is C3H6FNO6PS-. The predicted octanol–water partition coefficient (Wildman–Crippen LogP) is -0.597. The van der Waals surface area contributed by atoms with Gasteiger partial charge in [0.15, 0.2) is 0 Å². The van der Waals surface area contributed by atoms with E-state index in [1.54, 1.807) is 0 Å². The van der Waals surface area contributed by atoms with Crippen molar-refractivity contribution in [3.8, 4) is 0 Å². The van der Waals surface area contributed by atoms with E-state index in [0.717, 1.165) is 14.2 Å². The molecule has 0 rings (SSSR count). The van der Waals surface area contributed by atoms with E-state index in [-0.39, 0.29) is 0 Å². The van der Waals surface area contributed by atoms with Crippen LogP contribution in [-0.2, 0) is 24.0 Å². The van der Waals surface area contributed by atoms with Crippen molar-refractivity contribution < 1.29 is 31.0 Å². The second-order valence-corrected chi connectivity index (χ2v) is 4.76. The predicted molar refractivity (Wildman–Crippen MR) is 39.1 cm³/mol. The maximum absolute atomic E-state index is 11.8. The normalized spacial score (nSPS) is 14.5. The molecule has 10 heteroatoms. The standard InChI is InChI=1S/C3H7FNO6PS/c1-10-12(7,11-2)3(6)5-13(4,8)9/h1-2H3,(H,5,6)/p-1. The summed E-state index contributed by atoms with van der Waals surface area (Å²) >= 11 is 0. The Labute approximate surface area is 74.1 Å². The maximum atomic E-state index is 11.8. The van der Waals surface area contributed by atoms with Crippen LogP contribution in [0.2, 0.25) is 0 Å². The topological polar surface area (TPSA) is 105 Å². The van der Waals surface area contributed by atoms with Crippen LogP contribution in [0.15, 0.2) is 4.40 Å². The van der Waals surface area contributed by atoms with E-state index < -0.39 is 23.6 Å². The molecule has 0 spiro atoms. The van der Waals surface area contributed by atoms with E-state index >= 15 is 0 Å². The third-order valence-electron chi connectivity index (χ3n) is 0.902. The van der Waals surface area contributed by atoms with Crippen LogP contribution in [0.1, 0.15) is 0 Å². The molecule has 0 unspecified atom stereocenters. The monoisotopic (exact) mass is 234 g/mol. The average Bonchev–Trinajstić information content (AvgIpc) is 2.00. The summed E-state index contributed by atoms with van der Waals surface area (Å²) in [4.78, 5) is 0. The Morgan fingerprint density at radius 2 is 1.85 bits per heavy atom. The Hall–Kier alpha value is -0.500. The van der Waals surface area contributed by atoms with E-state index in [9.17, 15) is 22.0 Å². The Morgan fingerprint density at radius 1 is 1.46 bits per heavy atom. The van der Waals surface area contributed by atoms with Crippen molar-refractivity contribution in [1.29, 1.82) is 0 Å². The summed E-state index contributed by atoms with van der Waals surface area (Å²) in [6, 6.07) is 0. The fraction of sp³-hybridized carbons (Fsp3) is 0.667. The van der Waals surface area contributed by atoms with Gasteiger partial charge in [-0.3, -0.25) is 4.57 Å². The molecule has 0 aliphatic rings. The lowest BCUT2D eigenvalue weighted by atomic mass is 11.5. The summed E-state index contributed by atoms with van der Waals surface area (Å²) < 4.78 is 52.6. The van der Waals surface area contributed by atoms with Gasteiger partial charge in [0, 0.05) is 14.2 Å². The van der Waals surface area contributed by atoms with Crippen LogP contribution in [0.5, 0.6) is 0 Å². The summed E-state index contributed by atoms with van der Waals surface area (Å²) in [6.45, 7) is 0. The lowest BCUT2D eigenvalue weighted by Gasteiger charge is -2.17. The fourth-order valence-electron chi connectivity index (χ4n) is 0.374. The Kier molecular flexibility index (Phi) is 3.98. The highest BCUT2D eigenvalue weighted by molar-refractivity contribution is 7.86. The van der Waals surface area contributed by atoms with Gasteiger partial charge in [0.25, 0.3) is 0 Å². The summed E-state index contributed by atoms with van der Waals surface area (Å²) in [7, 11) is -8.01. The number of halogens is 1. The zero-order valence-electron chi connectivity index (χ0n) is 6.63. The highest BCUT2D eigenvalue weighted by Crippen LogP contribution is 2.46. The van der Waals surface area contributed by atoms with Crippen LogP contribution < -0.4 is 5.11 Å². The number of nitrogens with zero attached hydrogens (tertiary/aromatic N) is 1. The average molecular weight is 234 g/mol. The van der Waals surface area contributed by atoms with Crippen molar-refractivity contribution in [3.05, 3.63) is 0 Å². The molecule has 0 amide bonds. The molecule has 7 nitrogen and oxygen atoms in total. The summed E-state index contributed by atoms with van der Waals surface area (Å²) in [5.41, 5.74) is -1.81. The van der Waals surface area contributed by atoms with Crippen molar-refractivity contribution in [1.82, 2.24) is 0 Å². The summed E-state index contributed by atoms with van der Waals surface area (Å²) in [5.74, 6) is 0. The first-order valence-electron chi connectivity index (χ1n) is 2.69. The van der Waals surface area contributed by atoms with Crippen LogP contribution in [0.3, 0.4) is 0 Å². The molecule has 0 aliphatic carbocycles. The van der Waals surface area contributed by atoms with Crippen LogP contribution in [0, 0.1) is 0 Å². The first-order valence-corrected chi connectivity index (χ1v) is 5.57. The van der Waals surface area contributed by atoms with Crippen molar-refractivity contribution in [2.75, 3.05) is 14.2 Å². The molecule has 78 valence electrons. The smallest absolute Gasteiger partial charge is 0.417 e. The third kappa shape index (κ3) is 3.81. The zero-order valence-corrected chi connectivity index (χ0v) is 8.34. The van der Waals surface area contributed by atoms with Gasteiger partial charge < -0.3 is 14.2 Å². The zero-order chi connectivity index (χ0) is 10.7. The quantitative estimate of drug-likeness (QED) is 0.278. The summed E-state index contributed by atoms with van der Waals surface area (Å²) in [5, 5.41) is 10.6. The fourth-order valence-corrected chi connectivity index (χ4v) is 1.71. The molecule has 0 radical (unpaired) electrons. The minimum atomic E-state index is -5.38. The first-order chi connectivity index (χ1) is 5.75. The first kappa shape index (κ1) is 12.5. The molecule has 0 aliphatic heterocycles. The molecule has 0 aromatic carbocycles. The van der Waals surface area contributed by atoms with Gasteiger partial charge >= 0.3 is 18.0 Å². The van der Waals surface area contributed by atoms with Gasteiger partial charge in [-0.05, 0) is 0 Å². The third-order valence-corrected chi connectivity index (χ3v) is 2.95. The Balaban J connectivity index is 5.10. The lowest BCUT2D eigenvalue weighted by molar-refractivity contribution is -0.209. The van der Waals surface area contributed by atoms with Gasteiger partial charge in [-0.25, -0.2) is 0 Å². The van der Waals surface area contributed by atoms with Crippen LogP contribution in [0.4, 0.5) is 3.89 Å². The molecule has 0 bridgehead atoms. The second kappa shape index (κ2) is 4.14. The van der Waals surface area contributed by atoms with E-state index in [2.05, 4.69) is 9.05 Å². The number of hydrogen-bond donors (Lipinski definition) is 0. The Morgan fingerprint density at radius 3 is 2.08 bits per heavy atom. The van der Waals surface area contributed by atoms with Crippen LogP contribution in [-0.4, -0.2) is 28.3 Å². The molecule has 0 heterocycles. The molecule has 0 saturated carbocycles. The molecule has 0 aromatic rings. The largest absolute Gasteiger partial charge is 0.852 e. The van der Waals surface area contributed by atoms with Crippen LogP contribution >= 0.6 is 7.60 Å². The van der Waals surface area contributed by atoms with Crippen molar-refractivity contribution in [2.45, 2.75) is 0 Å². The van der Waals surface area contributed by atoms with E-state index in [1.807, 2.05) is 4.40 Å². The molecule has 0 saturated heterocycles. The maximum Gasteiger partial charge on any atom is 0.417 e. The molecule has 0 fully saturated rings. The molecule has 0 aromatic heterocycles. The van der Waals surface area contributed by atoms with Crippen molar-refractivity contribution >= 4 is 23.6 Å². The van der Waals surface area contributed by atoms with Gasteiger partial charge in [-0.15, -0.1) is 4.40 Å². The van der Waals surface area contributed by atoms with Crippen molar-refractivity contribution in [2.24, 2.45) is 4.40 Å². The summed E-state index contributed by atoms with van der Waals surface area (Å²) in [6.07, 6.45) is 0. The van der Waals surface area contributed by atoms with Gasteiger partial charge in [-0.2, -0.15) is 8.42 Å². The van der Waals surface area contributed by atoms with Gasteiger partial charge in [-0.1, -0.05) is 3.89 Å². The minimum absolute atomic E-state index is 0.836. The SMILES string of the molecule is COP(=O)(OC)/C([O-])=N/S(=O)(=O)F. The van der Waals surface area contributed by atoms with E-state index in [0.29, 0.717) is 0 Å². The van der Waals surface area contributed by atoms with E-state index in [4.69, 9.17) is 0 Å². The molecule has 0 N–H and O–H groups in total. The van der Waals surface area contributed by atoms with Crippen molar-refractivity contribution in [3.63, 3.8) is 0 Å². The van der Waals surface area contributed by atoms with Gasteiger partial charge in [0.05, 0.1) is 5.64 Å². The highest BCUT2D eigenvalue weighted by Gasteiger charge is 2.23. The van der Waals surface area contributed by atoms with Gasteiger partial charge in [0.2, 0.25) is 0 Å². The number of hydrogen-bond acceptors (Lipinski definition) is 6. The van der Waals surface area contributed by atoms with Gasteiger partial charge in [0.1, 0.15) is 0 Å². The Bertz CT molecular complexity index is 341. The van der Waals surface area contributed by atoms with E-state index in [1.165, 1.54) is 0 Å². The molecule has 0 atom stereocenters. The molecule has 13 heavy (non-hydrogen) atoms. The van der Waals surface area contributed by atoms with Crippen LogP contribution in [0.25, 0.3) is 0 Å². The number of rotatable bonds is 4. The minimum Gasteiger partial charge on any atom is -0.852 e. The highest BCUT2D eigenvalue weighted by atomic mass is 32.3.